The van der Waals surface area contributed by atoms with Gasteiger partial charge in [0.1, 0.15) is 5.67 Å². The molecule has 0 aromatic rings. The Morgan fingerprint density at radius 1 is 0.706 bits per heavy atom. The van der Waals surface area contributed by atoms with Gasteiger partial charge in [-0.2, -0.15) is 0 Å². The Morgan fingerprint density at radius 3 is 1.71 bits per heavy atom. The summed E-state index contributed by atoms with van der Waals surface area (Å²) in [5, 5.41) is 0. The van der Waals surface area contributed by atoms with Gasteiger partial charge in [-0.15, -0.1) is 0 Å². The number of rotatable bonds is 8. The quantitative estimate of drug-likeness (QED) is 0.315. The van der Waals surface area contributed by atoms with Gasteiger partial charge in [0, 0.05) is 11.0 Å². The lowest BCUT2D eigenvalue weighted by Crippen LogP contribution is -2.43. The van der Waals surface area contributed by atoms with Crippen molar-refractivity contribution in [2.45, 2.75) is 88.8 Å². The van der Waals surface area contributed by atoms with Crippen LogP contribution in [0.1, 0.15) is 83.1 Å². The van der Waals surface area contributed by atoms with E-state index in [4.69, 9.17) is 0 Å². The van der Waals surface area contributed by atoms with Gasteiger partial charge in [0.05, 0.1) is 0 Å². The maximum absolute atomic E-state index is 16.9. The molecule has 0 aromatic carbocycles. The molecule has 0 heterocycles. The summed E-state index contributed by atoms with van der Waals surface area (Å²) in [7, 11) is 0. The normalized spacial score (nSPS) is 24.7. The van der Waals surface area contributed by atoms with E-state index in [-0.39, 0.29) is 0 Å². The summed E-state index contributed by atoms with van der Waals surface area (Å²) >= 11 is 0. The van der Waals surface area contributed by atoms with Crippen LogP contribution in [0.3, 0.4) is 0 Å². The topological polar surface area (TPSA) is 0 Å². The average molecular weight is 463 g/mol. The van der Waals surface area contributed by atoms with E-state index in [0.29, 0.717) is 0 Å². The van der Waals surface area contributed by atoms with Crippen LogP contribution < -0.4 is 0 Å². The van der Waals surface area contributed by atoms with Gasteiger partial charge < -0.3 is 0 Å². The first-order valence-electron chi connectivity index (χ1n) is 12.4. The van der Waals surface area contributed by atoms with E-state index in [2.05, 4.69) is 78.5 Å². The van der Waals surface area contributed by atoms with E-state index < -0.39 is 16.5 Å². The maximum Gasteiger partial charge on any atom is 0.140 e. The molecule has 0 nitrogen and oxygen atoms in total. The number of hydrogen-bond acceptors (Lipinski definition) is 0. The molecule has 0 spiro atoms. The highest BCUT2D eigenvalue weighted by atomic mass is 19.1. The largest absolute Gasteiger partial charge is 0.238 e. The third-order valence-corrected chi connectivity index (χ3v) is 8.11. The molecule has 0 saturated carbocycles. The highest BCUT2D eigenvalue weighted by Gasteiger charge is 2.62. The summed E-state index contributed by atoms with van der Waals surface area (Å²) in [4.78, 5) is 0. The fourth-order valence-electron chi connectivity index (χ4n) is 4.65. The smallest absolute Gasteiger partial charge is 0.140 e. The fourth-order valence-corrected chi connectivity index (χ4v) is 4.65. The molecule has 34 heavy (non-hydrogen) atoms. The lowest BCUT2D eigenvalue weighted by Gasteiger charge is -2.43. The Labute approximate surface area is 209 Å². The Morgan fingerprint density at radius 2 is 1.21 bits per heavy atom. The third-order valence-electron chi connectivity index (χ3n) is 8.11. The Balaban J connectivity index is 3.94. The van der Waals surface area contributed by atoms with Crippen molar-refractivity contribution in [1.29, 1.82) is 0 Å². The van der Waals surface area contributed by atoms with Gasteiger partial charge in [-0.05, 0) is 99.8 Å². The minimum atomic E-state index is -1.52. The molecule has 0 fully saturated rings. The van der Waals surface area contributed by atoms with Crippen LogP contribution in [0.4, 0.5) is 4.39 Å². The van der Waals surface area contributed by atoms with Crippen LogP contribution in [0.15, 0.2) is 106 Å². The number of hydrogen-bond donors (Lipinski definition) is 0. The van der Waals surface area contributed by atoms with Gasteiger partial charge in [0.15, 0.2) is 0 Å². The minimum Gasteiger partial charge on any atom is -0.238 e. The van der Waals surface area contributed by atoms with E-state index >= 15 is 4.39 Å². The molecule has 1 heteroatoms. The van der Waals surface area contributed by atoms with E-state index in [0.717, 1.165) is 33.4 Å². The molecule has 0 saturated heterocycles. The van der Waals surface area contributed by atoms with Gasteiger partial charge >= 0.3 is 0 Å². The molecule has 0 bridgehead atoms. The molecule has 1 aliphatic carbocycles. The van der Waals surface area contributed by atoms with E-state index in [9.17, 15) is 0 Å². The van der Waals surface area contributed by atoms with Crippen molar-refractivity contribution in [3.05, 3.63) is 106 Å². The first kappa shape index (κ1) is 29.6. The van der Waals surface area contributed by atoms with Crippen LogP contribution in [0, 0.1) is 10.8 Å². The molecular formula is C33H47F. The van der Waals surface area contributed by atoms with Gasteiger partial charge in [-0.3, -0.25) is 0 Å². The SMILES string of the molecule is C=C(/C=C\C)C1=C(C(/C=C\C)=C(C)\C(C)=C\C=C(C)\C(C)=C\C=C/C)C(C)(F)C(C)(C)C1(C)C. The van der Waals surface area contributed by atoms with Gasteiger partial charge in [0.25, 0.3) is 0 Å². The van der Waals surface area contributed by atoms with Crippen LogP contribution >= 0.6 is 0 Å². The molecular weight excluding hydrogens is 415 g/mol. The number of alkyl halides is 1. The van der Waals surface area contributed by atoms with Gasteiger partial charge in [-0.1, -0.05) is 89.0 Å². The van der Waals surface area contributed by atoms with Crippen LogP contribution in [0.2, 0.25) is 0 Å². The zero-order valence-corrected chi connectivity index (χ0v) is 23.8. The van der Waals surface area contributed by atoms with Crippen molar-refractivity contribution in [2.75, 3.05) is 0 Å². The summed E-state index contributed by atoms with van der Waals surface area (Å²) < 4.78 is 16.9. The molecule has 0 amide bonds. The zero-order valence-electron chi connectivity index (χ0n) is 23.8. The molecule has 1 unspecified atom stereocenters. The minimum absolute atomic E-state index is 0.391. The van der Waals surface area contributed by atoms with E-state index in [1.165, 1.54) is 11.1 Å². The van der Waals surface area contributed by atoms with Crippen LogP contribution in [0.25, 0.3) is 0 Å². The van der Waals surface area contributed by atoms with E-state index in [1.807, 2.05) is 58.9 Å². The maximum atomic E-state index is 16.9. The molecule has 1 aliphatic rings. The van der Waals surface area contributed by atoms with Crippen molar-refractivity contribution < 1.29 is 4.39 Å². The zero-order chi connectivity index (χ0) is 26.5. The summed E-state index contributed by atoms with van der Waals surface area (Å²) in [6.07, 6.45) is 18.5. The monoisotopic (exact) mass is 462 g/mol. The standard InChI is InChI=1S/C33H47F/c1-14-17-20-23(4)24(5)21-22-25(6)27(8)28(19-16-3)30-29(26(7)18-15-2)31(9,10)32(11,12)33(30,13)34/h14-22H,7H2,1-6,8-13H3/b17-14-,18-15-,19-16-,23-20+,24-21+,25-22+,28-27-. The lowest BCUT2D eigenvalue weighted by molar-refractivity contribution is 0.0161. The van der Waals surface area contributed by atoms with Crippen molar-refractivity contribution in [3.63, 3.8) is 0 Å². The third kappa shape index (κ3) is 5.45. The first-order chi connectivity index (χ1) is 15.6. The summed E-state index contributed by atoms with van der Waals surface area (Å²) in [5.74, 6) is 0. The van der Waals surface area contributed by atoms with Crippen molar-refractivity contribution >= 4 is 0 Å². The van der Waals surface area contributed by atoms with Crippen molar-refractivity contribution in [1.82, 2.24) is 0 Å². The van der Waals surface area contributed by atoms with Crippen LogP contribution in [-0.2, 0) is 0 Å². The second-order valence-electron chi connectivity index (χ2n) is 10.6. The highest BCUT2D eigenvalue weighted by Crippen LogP contribution is 2.65. The molecule has 1 rings (SSSR count). The predicted octanol–water partition coefficient (Wildman–Crippen LogP) is 10.5. The Bertz CT molecular complexity index is 1030. The van der Waals surface area contributed by atoms with E-state index in [1.54, 1.807) is 6.92 Å². The highest BCUT2D eigenvalue weighted by molar-refractivity contribution is 5.65. The molecule has 0 aromatic heterocycles. The summed E-state index contributed by atoms with van der Waals surface area (Å²) in [6, 6.07) is 0. The molecule has 186 valence electrons. The Kier molecular flexibility index (Phi) is 9.88. The lowest BCUT2D eigenvalue weighted by atomic mass is 9.62. The number of halogens is 1. The van der Waals surface area contributed by atoms with Crippen LogP contribution in [-0.4, -0.2) is 5.67 Å². The Hall–Kier alpha value is -2.41. The fraction of sp³-hybridized carbons (Fsp3) is 0.455. The van der Waals surface area contributed by atoms with Crippen molar-refractivity contribution in [3.8, 4) is 0 Å². The predicted molar refractivity (Wildman–Crippen MR) is 152 cm³/mol. The molecule has 1 atom stereocenters. The first-order valence-corrected chi connectivity index (χ1v) is 12.4. The van der Waals surface area contributed by atoms with Gasteiger partial charge in [-0.25, -0.2) is 4.39 Å². The van der Waals surface area contributed by atoms with Crippen molar-refractivity contribution in [2.24, 2.45) is 10.8 Å². The summed E-state index contributed by atoms with van der Waals surface area (Å²) in [5.41, 5.74) is 5.72. The molecule has 0 N–H and O–H groups in total. The van der Waals surface area contributed by atoms with Gasteiger partial charge in [0.2, 0.25) is 0 Å². The van der Waals surface area contributed by atoms with Crippen LogP contribution in [0.5, 0.6) is 0 Å². The molecule has 0 radical (unpaired) electrons. The molecule has 0 aliphatic heterocycles. The second kappa shape index (κ2) is 11.3. The second-order valence-corrected chi connectivity index (χ2v) is 10.6. The average Bonchev–Trinajstić information content (AvgIpc) is 2.86. The summed E-state index contributed by atoms with van der Waals surface area (Å²) in [6.45, 7) is 28.9. The number of allylic oxidation sites excluding steroid dienone is 17.